The van der Waals surface area contributed by atoms with E-state index in [9.17, 15) is 0 Å². The maximum absolute atomic E-state index is 4.50. The third-order valence-corrected chi connectivity index (χ3v) is 8.83. The van der Waals surface area contributed by atoms with Gasteiger partial charge in [0.15, 0.2) is 0 Å². The molecule has 2 aromatic carbocycles. The van der Waals surface area contributed by atoms with Gasteiger partial charge in [0.05, 0.1) is 23.3 Å². The Kier molecular flexibility index (Phi) is 9.28. The van der Waals surface area contributed by atoms with Crippen LogP contribution < -0.4 is 18.9 Å². The fourth-order valence-corrected chi connectivity index (χ4v) is 6.65. The van der Waals surface area contributed by atoms with E-state index in [0.29, 0.717) is 0 Å². The van der Waals surface area contributed by atoms with Crippen molar-refractivity contribution in [3.63, 3.8) is 0 Å². The first kappa shape index (κ1) is 28.0. The van der Waals surface area contributed by atoms with Crippen LogP contribution in [-0.4, -0.2) is 26.2 Å². The molecule has 8 nitrogen and oxygen atoms in total. The Labute approximate surface area is 245 Å². The van der Waals surface area contributed by atoms with Crippen LogP contribution in [0.25, 0.3) is 0 Å². The fraction of sp³-hybridized carbons (Fsp3) is 0.400. The molecule has 40 heavy (non-hydrogen) atoms. The van der Waals surface area contributed by atoms with Gasteiger partial charge in [0, 0.05) is 48.3 Å². The SMILES string of the molecule is CC[n+]1ccsc1/N=N/c1ccc(N2CCCN(c3ccc(/N=N/c4scc[n+]4CC)cc3C)CCC2)c(C)c1. The summed E-state index contributed by atoms with van der Waals surface area (Å²) in [4.78, 5) is 5.06. The van der Waals surface area contributed by atoms with Crippen LogP contribution in [0.15, 0.2) is 80.0 Å². The quantitative estimate of drug-likeness (QED) is 0.158. The molecule has 1 saturated heterocycles. The van der Waals surface area contributed by atoms with Crippen LogP contribution in [0, 0.1) is 13.8 Å². The minimum absolute atomic E-state index is 0.897. The summed E-state index contributed by atoms with van der Waals surface area (Å²) in [5.41, 5.74) is 6.89. The zero-order chi connectivity index (χ0) is 27.9. The predicted octanol–water partition coefficient (Wildman–Crippen LogP) is 7.98. The van der Waals surface area contributed by atoms with Gasteiger partial charge in [-0.25, -0.2) is 9.13 Å². The Morgan fingerprint density at radius 1 is 0.650 bits per heavy atom. The molecule has 0 atom stereocenters. The van der Waals surface area contributed by atoms with Crippen molar-refractivity contribution in [3.05, 3.63) is 70.7 Å². The molecule has 208 valence electrons. The van der Waals surface area contributed by atoms with Gasteiger partial charge in [0.1, 0.15) is 23.8 Å². The van der Waals surface area contributed by atoms with Crippen molar-refractivity contribution >= 4 is 55.7 Å². The molecular formula is C30H38N8S2+2. The van der Waals surface area contributed by atoms with Gasteiger partial charge in [-0.05, 0) is 121 Å². The topological polar surface area (TPSA) is 63.7 Å². The third-order valence-electron chi connectivity index (χ3n) is 7.26. The van der Waals surface area contributed by atoms with Crippen molar-refractivity contribution < 1.29 is 9.13 Å². The minimum atomic E-state index is 0.897. The smallest absolute Gasteiger partial charge is 0.371 e. The Hall–Kier alpha value is -3.50. The van der Waals surface area contributed by atoms with E-state index >= 15 is 0 Å². The number of aryl methyl sites for hydroxylation is 4. The van der Waals surface area contributed by atoms with E-state index in [-0.39, 0.29) is 0 Å². The summed E-state index contributed by atoms with van der Waals surface area (Å²) in [5, 5.41) is 23.9. The molecule has 0 unspecified atom stereocenters. The summed E-state index contributed by atoms with van der Waals surface area (Å²) < 4.78 is 4.21. The van der Waals surface area contributed by atoms with E-state index in [1.54, 1.807) is 22.7 Å². The normalized spacial score (nSPS) is 14.8. The summed E-state index contributed by atoms with van der Waals surface area (Å²) in [6, 6.07) is 12.9. The second-order valence-electron chi connectivity index (χ2n) is 9.97. The number of benzene rings is 2. The van der Waals surface area contributed by atoms with Crippen molar-refractivity contribution in [2.45, 2.75) is 53.6 Å². The van der Waals surface area contributed by atoms with E-state index < -0.39 is 0 Å². The second kappa shape index (κ2) is 13.2. The van der Waals surface area contributed by atoms with Crippen molar-refractivity contribution in [3.8, 4) is 0 Å². The largest absolute Gasteiger partial charge is 0.408 e. The fourth-order valence-electron chi connectivity index (χ4n) is 5.16. The maximum atomic E-state index is 4.50. The average molecular weight is 575 g/mol. The zero-order valence-corrected chi connectivity index (χ0v) is 25.5. The van der Waals surface area contributed by atoms with Crippen LogP contribution in [0.1, 0.15) is 37.8 Å². The van der Waals surface area contributed by atoms with Crippen molar-refractivity contribution in [1.29, 1.82) is 0 Å². The van der Waals surface area contributed by atoms with Gasteiger partial charge in [-0.1, -0.05) is 0 Å². The molecule has 10 heteroatoms. The molecule has 0 saturated carbocycles. The number of aromatic nitrogens is 2. The van der Waals surface area contributed by atoms with Crippen molar-refractivity contribution in [2.24, 2.45) is 20.5 Å². The molecular weight excluding hydrogens is 537 g/mol. The number of nitrogens with zero attached hydrogens (tertiary/aromatic N) is 8. The first-order valence-electron chi connectivity index (χ1n) is 14.0. The van der Waals surface area contributed by atoms with Crippen LogP contribution >= 0.6 is 22.7 Å². The first-order valence-corrected chi connectivity index (χ1v) is 15.8. The summed E-state index contributed by atoms with van der Waals surface area (Å²) in [6.45, 7) is 14.5. The first-order chi connectivity index (χ1) is 19.6. The van der Waals surface area contributed by atoms with Crippen LogP contribution in [0.4, 0.5) is 33.0 Å². The molecule has 0 aliphatic carbocycles. The van der Waals surface area contributed by atoms with Crippen LogP contribution in [0.2, 0.25) is 0 Å². The Morgan fingerprint density at radius 2 is 1.07 bits per heavy atom. The molecule has 2 aromatic heterocycles. The molecule has 1 fully saturated rings. The van der Waals surface area contributed by atoms with E-state index in [1.807, 2.05) is 23.2 Å². The van der Waals surface area contributed by atoms with Gasteiger partial charge < -0.3 is 9.80 Å². The Balaban J connectivity index is 1.20. The van der Waals surface area contributed by atoms with Crippen molar-refractivity contribution in [2.75, 3.05) is 36.0 Å². The molecule has 1 aliphatic rings. The highest BCUT2D eigenvalue weighted by Gasteiger charge is 2.18. The number of hydrogen-bond donors (Lipinski definition) is 0. The van der Waals surface area contributed by atoms with E-state index in [2.05, 4.69) is 103 Å². The lowest BCUT2D eigenvalue weighted by Gasteiger charge is -2.34. The maximum Gasteiger partial charge on any atom is 0.408 e. The lowest BCUT2D eigenvalue weighted by Crippen LogP contribution is -2.37. The second-order valence-corrected chi connectivity index (χ2v) is 11.7. The van der Waals surface area contributed by atoms with Gasteiger partial charge >= 0.3 is 10.3 Å². The number of azo groups is 2. The summed E-state index contributed by atoms with van der Waals surface area (Å²) >= 11 is 3.22. The molecule has 3 heterocycles. The predicted molar refractivity (Wildman–Crippen MR) is 165 cm³/mol. The third kappa shape index (κ3) is 6.62. The van der Waals surface area contributed by atoms with E-state index in [4.69, 9.17) is 0 Å². The summed E-state index contributed by atoms with van der Waals surface area (Å²) in [5.74, 6) is 0. The highest BCUT2D eigenvalue weighted by atomic mass is 32.1. The van der Waals surface area contributed by atoms with Crippen molar-refractivity contribution in [1.82, 2.24) is 0 Å². The lowest BCUT2D eigenvalue weighted by atomic mass is 10.1. The number of rotatable bonds is 8. The highest BCUT2D eigenvalue weighted by Crippen LogP contribution is 2.30. The monoisotopic (exact) mass is 574 g/mol. The van der Waals surface area contributed by atoms with E-state index in [0.717, 1.165) is 73.7 Å². The number of hydrogen-bond acceptors (Lipinski definition) is 8. The molecule has 0 radical (unpaired) electrons. The van der Waals surface area contributed by atoms with Gasteiger partial charge in [-0.2, -0.15) is 0 Å². The van der Waals surface area contributed by atoms with Crippen LogP contribution in [0.3, 0.4) is 0 Å². The zero-order valence-electron chi connectivity index (χ0n) is 23.8. The van der Waals surface area contributed by atoms with E-state index in [1.165, 1.54) is 22.5 Å². The molecule has 0 bridgehead atoms. The number of anilines is 2. The average Bonchev–Trinajstić information content (AvgIpc) is 3.60. The van der Waals surface area contributed by atoms with Gasteiger partial charge in [-0.15, -0.1) is 0 Å². The standard InChI is InChI=1S/C30H38N8S2/c1-5-35-17-19-39-29(35)33-31-25-9-11-27(23(3)21-25)37-13-7-15-38(16-8-14-37)28-12-10-26(22-24(28)4)32-34-30-36(6-2)18-20-40-30/h9-12,17-22H,5-8,13-16H2,1-4H3/q+2. The van der Waals surface area contributed by atoms with Gasteiger partial charge in [-0.3, -0.25) is 0 Å². The minimum Gasteiger partial charge on any atom is -0.371 e. The summed E-state index contributed by atoms with van der Waals surface area (Å²) in [6.07, 6.45) is 6.31. The molecule has 0 amide bonds. The summed E-state index contributed by atoms with van der Waals surface area (Å²) in [7, 11) is 0. The molecule has 1 aliphatic heterocycles. The number of thiazole rings is 2. The van der Waals surface area contributed by atoms with Crippen LogP contribution in [0.5, 0.6) is 0 Å². The lowest BCUT2D eigenvalue weighted by molar-refractivity contribution is -0.677. The molecule has 0 N–H and O–H groups in total. The van der Waals surface area contributed by atoms with Gasteiger partial charge in [0.25, 0.3) is 0 Å². The molecule has 5 rings (SSSR count). The molecule has 0 spiro atoms. The highest BCUT2D eigenvalue weighted by molar-refractivity contribution is 7.13. The Bertz CT molecular complexity index is 1370. The Morgan fingerprint density at radius 3 is 1.45 bits per heavy atom. The van der Waals surface area contributed by atoms with Gasteiger partial charge in [0.2, 0.25) is 0 Å². The molecule has 4 aromatic rings. The van der Waals surface area contributed by atoms with Crippen LogP contribution in [-0.2, 0) is 13.1 Å².